The molecule has 150 valence electrons. The fourth-order valence-corrected chi connectivity index (χ4v) is 5.78. The average molecular weight is 360 g/mol. The Morgan fingerprint density at radius 1 is 0.731 bits per heavy atom. The van der Waals surface area contributed by atoms with Crippen molar-refractivity contribution in [3.63, 3.8) is 0 Å². The molecule has 2 rings (SSSR count). The van der Waals surface area contributed by atoms with Gasteiger partial charge in [-0.25, -0.2) is 0 Å². The normalized spacial score (nSPS) is 32.3. The van der Waals surface area contributed by atoms with E-state index in [0.717, 1.165) is 24.2 Å². The molecule has 0 radical (unpaired) electrons. The molecule has 0 heterocycles. The summed E-state index contributed by atoms with van der Waals surface area (Å²) in [5, 5.41) is 9.76. The average Bonchev–Trinajstić information content (AvgIpc) is 2.69. The van der Waals surface area contributed by atoms with Crippen molar-refractivity contribution < 1.29 is 0 Å². The molecule has 0 bridgehead atoms. The first-order valence-electron chi connectivity index (χ1n) is 12.1. The van der Waals surface area contributed by atoms with Crippen molar-refractivity contribution in [1.82, 2.24) is 0 Å². The van der Waals surface area contributed by atoms with Crippen LogP contribution < -0.4 is 0 Å². The zero-order valence-electron chi connectivity index (χ0n) is 17.9. The van der Waals surface area contributed by atoms with Crippen LogP contribution in [0.4, 0.5) is 0 Å². The molecule has 0 aliphatic heterocycles. The minimum absolute atomic E-state index is 0.0430. The predicted octanol–water partition coefficient (Wildman–Crippen LogP) is 8.43. The van der Waals surface area contributed by atoms with Gasteiger partial charge in [-0.15, -0.1) is 0 Å². The molecule has 0 unspecified atom stereocenters. The molecular formula is C25H45N. The van der Waals surface area contributed by atoms with Gasteiger partial charge in [0.05, 0.1) is 11.5 Å². The first kappa shape index (κ1) is 21.8. The van der Waals surface area contributed by atoms with E-state index in [1.54, 1.807) is 0 Å². The van der Waals surface area contributed by atoms with Gasteiger partial charge in [0.1, 0.15) is 0 Å². The Morgan fingerprint density at radius 3 is 1.92 bits per heavy atom. The van der Waals surface area contributed by atoms with Gasteiger partial charge in [-0.1, -0.05) is 84.5 Å². The zero-order valence-corrected chi connectivity index (χ0v) is 17.9. The van der Waals surface area contributed by atoms with Gasteiger partial charge in [0.25, 0.3) is 0 Å². The first-order valence-corrected chi connectivity index (χ1v) is 12.1. The van der Waals surface area contributed by atoms with Crippen LogP contribution in [0.25, 0.3) is 0 Å². The second-order valence-corrected chi connectivity index (χ2v) is 9.67. The van der Waals surface area contributed by atoms with E-state index in [1.165, 1.54) is 109 Å². The van der Waals surface area contributed by atoms with Crippen LogP contribution in [0.1, 0.15) is 129 Å². The molecule has 0 aromatic rings. The summed E-state index contributed by atoms with van der Waals surface area (Å²) in [5.41, 5.74) is 0.0430. The molecule has 0 amide bonds. The Balaban J connectivity index is 1.64. The molecular weight excluding hydrogens is 314 g/mol. The van der Waals surface area contributed by atoms with Gasteiger partial charge < -0.3 is 0 Å². The number of nitriles is 1. The van der Waals surface area contributed by atoms with Crippen LogP contribution in [-0.4, -0.2) is 0 Å². The molecule has 0 atom stereocenters. The third-order valence-electron chi connectivity index (χ3n) is 7.76. The van der Waals surface area contributed by atoms with Crippen molar-refractivity contribution in [2.45, 2.75) is 129 Å². The summed E-state index contributed by atoms with van der Waals surface area (Å²) in [5.74, 6) is 2.95. The van der Waals surface area contributed by atoms with E-state index in [4.69, 9.17) is 0 Å². The zero-order chi connectivity index (χ0) is 18.7. The number of rotatable bonds is 11. The maximum Gasteiger partial charge on any atom is 0.0689 e. The van der Waals surface area contributed by atoms with Gasteiger partial charge in [0, 0.05) is 0 Å². The van der Waals surface area contributed by atoms with Crippen molar-refractivity contribution in [1.29, 1.82) is 5.26 Å². The van der Waals surface area contributed by atoms with E-state index in [-0.39, 0.29) is 5.41 Å². The lowest BCUT2D eigenvalue weighted by Crippen LogP contribution is -2.31. The summed E-state index contributed by atoms with van der Waals surface area (Å²) in [6.07, 6.45) is 24.7. The SMILES string of the molecule is CCCCCCCC1CCC([C@H]2CC[C@](C#N)(CCCCC)CC2)CC1. The second-order valence-electron chi connectivity index (χ2n) is 9.67. The molecule has 26 heavy (non-hydrogen) atoms. The Labute approximate surface area is 164 Å². The van der Waals surface area contributed by atoms with E-state index in [0.29, 0.717) is 0 Å². The molecule has 2 aliphatic carbocycles. The summed E-state index contributed by atoms with van der Waals surface area (Å²) < 4.78 is 0. The smallest absolute Gasteiger partial charge is 0.0689 e. The molecule has 0 N–H and O–H groups in total. The third-order valence-corrected chi connectivity index (χ3v) is 7.76. The molecule has 0 spiro atoms. The van der Waals surface area contributed by atoms with E-state index in [2.05, 4.69) is 19.9 Å². The van der Waals surface area contributed by atoms with E-state index >= 15 is 0 Å². The molecule has 0 aromatic heterocycles. The molecule has 0 aromatic carbocycles. The van der Waals surface area contributed by atoms with Crippen LogP contribution in [0.3, 0.4) is 0 Å². The quantitative estimate of drug-likeness (QED) is 0.339. The van der Waals surface area contributed by atoms with Crippen LogP contribution in [0.15, 0.2) is 0 Å². The highest BCUT2D eigenvalue weighted by Crippen LogP contribution is 2.47. The summed E-state index contributed by atoms with van der Waals surface area (Å²) >= 11 is 0. The van der Waals surface area contributed by atoms with Gasteiger partial charge in [0.2, 0.25) is 0 Å². The number of hydrogen-bond acceptors (Lipinski definition) is 1. The van der Waals surface area contributed by atoms with Crippen molar-refractivity contribution in [3.05, 3.63) is 0 Å². The highest BCUT2D eigenvalue weighted by Gasteiger charge is 2.38. The van der Waals surface area contributed by atoms with Gasteiger partial charge in [-0.2, -0.15) is 5.26 Å². The Kier molecular flexibility index (Phi) is 10.1. The lowest BCUT2D eigenvalue weighted by Gasteiger charge is -2.41. The number of hydrogen-bond donors (Lipinski definition) is 0. The molecule has 1 nitrogen and oxygen atoms in total. The van der Waals surface area contributed by atoms with Gasteiger partial charge in [0.15, 0.2) is 0 Å². The summed E-state index contributed by atoms with van der Waals surface area (Å²) in [4.78, 5) is 0. The maximum absolute atomic E-state index is 9.76. The molecule has 1 heteroatoms. The van der Waals surface area contributed by atoms with Gasteiger partial charge in [-0.05, 0) is 62.7 Å². The van der Waals surface area contributed by atoms with Crippen LogP contribution in [-0.2, 0) is 0 Å². The van der Waals surface area contributed by atoms with Gasteiger partial charge >= 0.3 is 0 Å². The number of nitrogens with zero attached hydrogens (tertiary/aromatic N) is 1. The maximum atomic E-state index is 9.76. The van der Waals surface area contributed by atoms with E-state index < -0.39 is 0 Å². The second kappa shape index (κ2) is 12.0. The number of unbranched alkanes of at least 4 members (excludes halogenated alkanes) is 6. The van der Waals surface area contributed by atoms with Crippen LogP contribution in [0.5, 0.6) is 0 Å². The van der Waals surface area contributed by atoms with Crippen LogP contribution in [0.2, 0.25) is 0 Å². The molecule has 2 aliphatic rings. The van der Waals surface area contributed by atoms with Crippen LogP contribution >= 0.6 is 0 Å². The Bertz CT molecular complexity index is 391. The highest BCUT2D eigenvalue weighted by molar-refractivity contribution is 5.02. The predicted molar refractivity (Wildman–Crippen MR) is 113 cm³/mol. The lowest BCUT2D eigenvalue weighted by atomic mass is 9.63. The summed E-state index contributed by atoms with van der Waals surface area (Å²) in [6.45, 7) is 4.57. The summed E-state index contributed by atoms with van der Waals surface area (Å²) in [7, 11) is 0. The molecule has 0 saturated heterocycles. The monoisotopic (exact) mass is 359 g/mol. The van der Waals surface area contributed by atoms with E-state index in [1.807, 2.05) is 0 Å². The van der Waals surface area contributed by atoms with Crippen LogP contribution in [0, 0.1) is 34.5 Å². The molecule has 2 saturated carbocycles. The van der Waals surface area contributed by atoms with Crippen molar-refractivity contribution in [2.75, 3.05) is 0 Å². The van der Waals surface area contributed by atoms with E-state index in [9.17, 15) is 5.26 Å². The standard InChI is InChI=1S/C25H45N/c1-3-5-7-8-9-11-22-12-14-23(15-13-22)24-16-19-25(21-26,20-17-24)18-10-6-4-2/h22-24H,3-20H2,1-2H3/t22?,23?,24-,25+. The Morgan fingerprint density at radius 2 is 1.31 bits per heavy atom. The van der Waals surface area contributed by atoms with Crippen molar-refractivity contribution >= 4 is 0 Å². The fraction of sp³-hybridized carbons (Fsp3) is 0.960. The molecule has 2 fully saturated rings. The Hall–Kier alpha value is -0.510. The minimum Gasteiger partial charge on any atom is -0.198 e. The lowest BCUT2D eigenvalue weighted by molar-refractivity contribution is 0.114. The van der Waals surface area contributed by atoms with Gasteiger partial charge in [-0.3, -0.25) is 0 Å². The van der Waals surface area contributed by atoms with Crippen molar-refractivity contribution in [2.24, 2.45) is 23.2 Å². The largest absolute Gasteiger partial charge is 0.198 e. The first-order chi connectivity index (χ1) is 12.7. The highest BCUT2D eigenvalue weighted by atomic mass is 14.4. The topological polar surface area (TPSA) is 23.8 Å². The third kappa shape index (κ3) is 6.90. The minimum atomic E-state index is 0.0430. The summed E-state index contributed by atoms with van der Waals surface area (Å²) in [6, 6.07) is 2.74. The van der Waals surface area contributed by atoms with Crippen molar-refractivity contribution in [3.8, 4) is 6.07 Å². The fourth-order valence-electron chi connectivity index (χ4n) is 5.78.